The van der Waals surface area contributed by atoms with Gasteiger partial charge in [0.05, 0.1) is 22.7 Å². The molecule has 0 bridgehead atoms. The first kappa shape index (κ1) is 18.6. The second-order valence-electron chi connectivity index (χ2n) is 6.12. The molecule has 0 aliphatic carbocycles. The normalized spacial score (nSPS) is 11.2. The van der Waals surface area contributed by atoms with E-state index in [1.165, 1.54) is 0 Å². The summed E-state index contributed by atoms with van der Waals surface area (Å²) in [7, 11) is 1.63. The summed E-state index contributed by atoms with van der Waals surface area (Å²) < 4.78 is 5.39. The zero-order chi connectivity index (χ0) is 17.7. The Morgan fingerprint density at radius 3 is 2.50 bits per heavy atom. The summed E-state index contributed by atoms with van der Waals surface area (Å²) in [6, 6.07) is 13.1. The molecule has 1 N–H and O–H groups in total. The topological polar surface area (TPSA) is 38.3 Å². The summed E-state index contributed by atoms with van der Waals surface area (Å²) in [4.78, 5) is 12.3. The van der Waals surface area contributed by atoms with Gasteiger partial charge in [-0.3, -0.25) is 4.79 Å². The number of hydrogen-bond donors (Lipinski definition) is 1. The van der Waals surface area contributed by atoms with Gasteiger partial charge in [0.2, 0.25) is 5.91 Å². The molecule has 0 heterocycles. The molecule has 0 aliphatic rings. The standard InChI is InChI=1S/C19H21Cl2NO2/c1-19(2,14-6-4-5-7-17(14)24-3)22-18(23)11-9-13-8-10-15(20)16(21)12-13/h4-8,10,12H,9,11H2,1-3H3,(H,22,23). The molecule has 3 nitrogen and oxygen atoms in total. The molecule has 2 aromatic carbocycles. The molecule has 0 atom stereocenters. The Hall–Kier alpha value is -1.71. The molecule has 2 rings (SSSR count). The molecule has 0 unspecified atom stereocenters. The van der Waals surface area contributed by atoms with E-state index in [4.69, 9.17) is 27.9 Å². The molecule has 0 saturated carbocycles. The maximum absolute atomic E-state index is 12.3. The lowest BCUT2D eigenvalue weighted by Gasteiger charge is -2.28. The number of carbonyl (C=O) groups excluding carboxylic acids is 1. The molecule has 128 valence electrons. The summed E-state index contributed by atoms with van der Waals surface area (Å²) in [6.45, 7) is 3.92. The molecule has 24 heavy (non-hydrogen) atoms. The summed E-state index contributed by atoms with van der Waals surface area (Å²) in [5.41, 5.74) is 1.39. The van der Waals surface area contributed by atoms with Crippen molar-refractivity contribution in [3.63, 3.8) is 0 Å². The molecule has 0 saturated heterocycles. The number of halogens is 2. The molecule has 2 aromatic rings. The highest BCUT2D eigenvalue weighted by Gasteiger charge is 2.25. The first-order valence-electron chi connectivity index (χ1n) is 7.72. The van der Waals surface area contributed by atoms with Gasteiger partial charge in [-0.25, -0.2) is 0 Å². The molecule has 0 aliphatic heterocycles. The summed E-state index contributed by atoms with van der Waals surface area (Å²) >= 11 is 11.9. The predicted molar refractivity (Wildman–Crippen MR) is 98.9 cm³/mol. The first-order valence-corrected chi connectivity index (χ1v) is 8.47. The smallest absolute Gasteiger partial charge is 0.221 e. The van der Waals surface area contributed by atoms with Crippen LogP contribution in [0.5, 0.6) is 5.75 Å². The van der Waals surface area contributed by atoms with Gasteiger partial charge in [0.1, 0.15) is 5.75 Å². The van der Waals surface area contributed by atoms with Gasteiger partial charge in [0.15, 0.2) is 0 Å². The number of aryl methyl sites for hydroxylation is 1. The second-order valence-corrected chi connectivity index (χ2v) is 6.94. The second kappa shape index (κ2) is 7.91. The first-order chi connectivity index (χ1) is 11.3. The van der Waals surface area contributed by atoms with Crippen molar-refractivity contribution in [1.29, 1.82) is 0 Å². The number of methoxy groups -OCH3 is 1. The number of rotatable bonds is 6. The van der Waals surface area contributed by atoms with Gasteiger partial charge in [-0.05, 0) is 44.0 Å². The lowest BCUT2D eigenvalue weighted by Crippen LogP contribution is -2.41. The molecule has 0 aromatic heterocycles. The van der Waals surface area contributed by atoms with Crippen molar-refractivity contribution in [1.82, 2.24) is 5.32 Å². The maximum atomic E-state index is 12.3. The Kier molecular flexibility index (Phi) is 6.14. The van der Waals surface area contributed by atoms with E-state index in [0.29, 0.717) is 22.9 Å². The number of benzene rings is 2. The van der Waals surface area contributed by atoms with Crippen LogP contribution in [0.2, 0.25) is 10.0 Å². The van der Waals surface area contributed by atoms with Crippen LogP contribution in [0.1, 0.15) is 31.4 Å². The van der Waals surface area contributed by atoms with Crippen molar-refractivity contribution in [3.05, 3.63) is 63.6 Å². The van der Waals surface area contributed by atoms with Gasteiger partial charge >= 0.3 is 0 Å². The lowest BCUT2D eigenvalue weighted by molar-refractivity contribution is -0.122. The third kappa shape index (κ3) is 4.65. The van der Waals surface area contributed by atoms with Crippen LogP contribution in [-0.2, 0) is 16.8 Å². The third-order valence-electron chi connectivity index (χ3n) is 3.86. The van der Waals surface area contributed by atoms with Crippen molar-refractivity contribution < 1.29 is 9.53 Å². The van der Waals surface area contributed by atoms with Gasteiger partial charge < -0.3 is 10.1 Å². The third-order valence-corrected chi connectivity index (χ3v) is 4.60. The van der Waals surface area contributed by atoms with Crippen LogP contribution in [0.15, 0.2) is 42.5 Å². The predicted octanol–water partition coefficient (Wildman–Crippen LogP) is 4.99. The lowest BCUT2D eigenvalue weighted by atomic mass is 9.93. The molecule has 0 spiro atoms. The Bertz CT molecular complexity index is 729. The highest BCUT2D eigenvalue weighted by atomic mass is 35.5. The summed E-state index contributed by atoms with van der Waals surface area (Å²) in [5, 5.41) is 4.09. The van der Waals surface area contributed by atoms with E-state index in [9.17, 15) is 4.79 Å². The van der Waals surface area contributed by atoms with Crippen molar-refractivity contribution in [2.24, 2.45) is 0 Å². The number of para-hydroxylation sites is 1. The fourth-order valence-electron chi connectivity index (χ4n) is 2.59. The Balaban J connectivity index is 2.01. The minimum absolute atomic E-state index is 0.0306. The van der Waals surface area contributed by atoms with Crippen molar-refractivity contribution in [2.75, 3.05) is 7.11 Å². The Morgan fingerprint density at radius 2 is 1.83 bits per heavy atom. The number of nitrogens with one attached hydrogen (secondary N) is 1. The van der Waals surface area contributed by atoms with Gasteiger partial charge in [-0.1, -0.05) is 47.5 Å². The van der Waals surface area contributed by atoms with Gasteiger partial charge in [-0.2, -0.15) is 0 Å². The minimum atomic E-state index is -0.526. The fourth-order valence-corrected chi connectivity index (χ4v) is 2.91. The average Bonchev–Trinajstić information content (AvgIpc) is 2.55. The van der Waals surface area contributed by atoms with E-state index in [2.05, 4.69) is 5.32 Å². The summed E-state index contributed by atoms with van der Waals surface area (Å²) in [6.07, 6.45) is 0.973. The van der Waals surface area contributed by atoms with Gasteiger partial charge in [0.25, 0.3) is 0 Å². The van der Waals surface area contributed by atoms with Crippen molar-refractivity contribution in [3.8, 4) is 5.75 Å². The monoisotopic (exact) mass is 365 g/mol. The maximum Gasteiger partial charge on any atom is 0.221 e. The molecule has 0 radical (unpaired) electrons. The van der Waals surface area contributed by atoms with Crippen LogP contribution in [0, 0.1) is 0 Å². The number of ether oxygens (including phenoxy) is 1. The molecular formula is C19H21Cl2NO2. The van der Waals surface area contributed by atoms with E-state index < -0.39 is 5.54 Å². The van der Waals surface area contributed by atoms with E-state index in [-0.39, 0.29) is 5.91 Å². The fraction of sp³-hybridized carbons (Fsp3) is 0.316. The zero-order valence-corrected chi connectivity index (χ0v) is 15.5. The number of amides is 1. The molecule has 0 fully saturated rings. The highest BCUT2D eigenvalue weighted by Crippen LogP contribution is 2.29. The minimum Gasteiger partial charge on any atom is -0.496 e. The summed E-state index contributed by atoms with van der Waals surface area (Å²) in [5.74, 6) is 0.726. The van der Waals surface area contributed by atoms with E-state index in [0.717, 1.165) is 16.9 Å². The van der Waals surface area contributed by atoms with Crippen LogP contribution in [0.4, 0.5) is 0 Å². The average molecular weight is 366 g/mol. The van der Waals surface area contributed by atoms with E-state index >= 15 is 0 Å². The largest absolute Gasteiger partial charge is 0.496 e. The quantitative estimate of drug-likeness (QED) is 0.783. The Morgan fingerprint density at radius 1 is 1.12 bits per heavy atom. The van der Waals surface area contributed by atoms with Crippen LogP contribution < -0.4 is 10.1 Å². The SMILES string of the molecule is COc1ccccc1C(C)(C)NC(=O)CCc1ccc(Cl)c(Cl)c1. The van der Waals surface area contributed by atoms with Crippen LogP contribution in [0.3, 0.4) is 0 Å². The van der Waals surface area contributed by atoms with E-state index in [1.54, 1.807) is 19.2 Å². The van der Waals surface area contributed by atoms with Gasteiger partial charge in [-0.15, -0.1) is 0 Å². The van der Waals surface area contributed by atoms with Crippen molar-refractivity contribution in [2.45, 2.75) is 32.2 Å². The highest BCUT2D eigenvalue weighted by molar-refractivity contribution is 6.42. The Labute approximate surface area is 152 Å². The zero-order valence-electron chi connectivity index (χ0n) is 14.0. The molecule has 1 amide bonds. The molecular weight excluding hydrogens is 345 g/mol. The van der Waals surface area contributed by atoms with E-state index in [1.807, 2.05) is 44.2 Å². The molecule has 5 heteroatoms. The van der Waals surface area contributed by atoms with Crippen LogP contribution in [-0.4, -0.2) is 13.0 Å². The number of hydrogen-bond acceptors (Lipinski definition) is 2. The van der Waals surface area contributed by atoms with Crippen LogP contribution >= 0.6 is 23.2 Å². The number of carbonyl (C=O) groups is 1. The van der Waals surface area contributed by atoms with Gasteiger partial charge in [0, 0.05) is 12.0 Å². The van der Waals surface area contributed by atoms with Crippen molar-refractivity contribution >= 4 is 29.1 Å². The van der Waals surface area contributed by atoms with Crippen LogP contribution in [0.25, 0.3) is 0 Å².